The van der Waals surface area contributed by atoms with Crippen molar-refractivity contribution in [3.8, 4) is 16.9 Å². The van der Waals surface area contributed by atoms with E-state index in [2.05, 4.69) is 0 Å². The molecule has 0 saturated heterocycles. The number of ether oxygens (including phenoxy) is 1. The van der Waals surface area contributed by atoms with Gasteiger partial charge in [-0.25, -0.2) is 0 Å². The van der Waals surface area contributed by atoms with E-state index in [1.165, 1.54) is 13.0 Å². The molecule has 0 aliphatic heterocycles. The predicted octanol–water partition coefficient (Wildman–Crippen LogP) is 3.37. The fourth-order valence-corrected chi connectivity index (χ4v) is 2.42. The van der Waals surface area contributed by atoms with Crippen LogP contribution in [0.25, 0.3) is 0 Å². The summed E-state index contributed by atoms with van der Waals surface area (Å²) in [7, 11) is 0. The Balaban J connectivity index is 2.31. The van der Waals surface area contributed by atoms with Crippen LogP contribution >= 0.6 is 11.3 Å². The lowest BCUT2D eigenvalue weighted by molar-refractivity contribution is -0.385. The molecule has 2 aromatic rings. The van der Waals surface area contributed by atoms with Crippen LogP contribution in [-0.2, 0) is 0 Å². The lowest BCUT2D eigenvalue weighted by Gasteiger charge is -2.02. The Kier molecular flexibility index (Phi) is 3.98. The van der Waals surface area contributed by atoms with Gasteiger partial charge in [-0.2, -0.15) is 5.26 Å². The molecule has 1 atom stereocenters. The minimum atomic E-state index is -0.794. The van der Waals surface area contributed by atoms with E-state index in [1.807, 2.05) is 6.07 Å². The molecule has 1 heterocycles. The van der Waals surface area contributed by atoms with Gasteiger partial charge in [-0.05, 0) is 31.2 Å². The summed E-state index contributed by atoms with van der Waals surface area (Å²) in [5.41, 5.74) is 0.290. The molecule has 0 saturated carbocycles. The van der Waals surface area contributed by atoms with E-state index in [4.69, 9.17) is 10.00 Å². The van der Waals surface area contributed by atoms with Crippen molar-refractivity contribution < 1.29 is 14.8 Å². The molecule has 102 valence electrons. The summed E-state index contributed by atoms with van der Waals surface area (Å²) >= 11 is 1.02. The van der Waals surface area contributed by atoms with Crippen LogP contribution in [0.3, 0.4) is 0 Å². The summed E-state index contributed by atoms with van der Waals surface area (Å²) < 4.78 is 5.46. The smallest absolute Gasteiger partial charge is 0.323 e. The standard InChI is InChI=1S/C13H10N2O4S/c1-8(16)12-6-11(15(17)18)13(20-12)19-10-4-2-9(7-14)3-5-10/h2-6,8,16H,1H3/t8-/m0/s1. The monoisotopic (exact) mass is 290 g/mol. The van der Waals surface area contributed by atoms with Gasteiger partial charge in [0, 0.05) is 10.9 Å². The van der Waals surface area contributed by atoms with E-state index in [0.717, 1.165) is 11.3 Å². The van der Waals surface area contributed by atoms with E-state index >= 15 is 0 Å². The van der Waals surface area contributed by atoms with Gasteiger partial charge in [0.25, 0.3) is 5.06 Å². The Morgan fingerprint density at radius 3 is 2.60 bits per heavy atom. The zero-order valence-corrected chi connectivity index (χ0v) is 11.3. The van der Waals surface area contributed by atoms with Gasteiger partial charge in [0.05, 0.1) is 22.7 Å². The number of nitro groups is 1. The van der Waals surface area contributed by atoms with Gasteiger partial charge in [0.15, 0.2) is 0 Å². The number of benzene rings is 1. The Hall–Kier alpha value is -2.43. The summed E-state index contributed by atoms with van der Waals surface area (Å²) in [6.45, 7) is 1.53. The van der Waals surface area contributed by atoms with Gasteiger partial charge in [0.2, 0.25) is 0 Å². The molecular formula is C13H10N2O4S. The fourth-order valence-electron chi connectivity index (χ4n) is 1.49. The van der Waals surface area contributed by atoms with E-state index in [1.54, 1.807) is 24.3 Å². The number of hydrogen-bond acceptors (Lipinski definition) is 6. The molecule has 0 unspecified atom stereocenters. The zero-order valence-electron chi connectivity index (χ0n) is 10.4. The first kappa shape index (κ1) is 14.0. The Morgan fingerprint density at radius 2 is 2.10 bits per heavy atom. The van der Waals surface area contributed by atoms with Crippen molar-refractivity contribution in [2.24, 2.45) is 0 Å². The van der Waals surface area contributed by atoms with Gasteiger partial charge in [-0.3, -0.25) is 10.1 Å². The number of hydrogen-bond donors (Lipinski definition) is 1. The largest absolute Gasteiger partial charge is 0.440 e. The van der Waals surface area contributed by atoms with Crippen LogP contribution in [0.5, 0.6) is 10.8 Å². The molecule has 20 heavy (non-hydrogen) atoms. The van der Waals surface area contributed by atoms with Crippen LogP contribution < -0.4 is 4.74 Å². The molecular weight excluding hydrogens is 280 g/mol. The summed E-state index contributed by atoms with van der Waals surface area (Å²) in [6, 6.07) is 9.51. The molecule has 0 bridgehead atoms. The van der Waals surface area contributed by atoms with Gasteiger partial charge in [-0.1, -0.05) is 11.3 Å². The van der Waals surface area contributed by atoms with Crippen molar-refractivity contribution in [3.05, 3.63) is 50.9 Å². The van der Waals surface area contributed by atoms with Crippen molar-refractivity contribution in [1.29, 1.82) is 5.26 Å². The number of nitriles is 1. The highest BCUT2D eigenvalue weighted by Crippen LogP contribution is 2.41. The molecule has 0 spiro atoms. The number of rotatable bonds is 4. The van der Waals surface area contributed by atoms with Crippen molar-refractivity contribution in [3.63, 3.8) is 0 Å². The molecule has 1 N–H and O–H groups in total. The zero-order chi connectivity index (χ0) is 14.7. The van der Waals surface area contributed by atoms with Crippen LogP contribution in [-0.4, -0.2) is 10.0 Å². The first-order valence-electron chi connectivity index (χ1n) is 5.65. The van der Waals surface area contributed by atoms with Crippen molar-refractivity contribution in [1.82, 2.24) is 0 Å². The van der Waals surface area contributed by atoms with Crippen LogP contribution in [0.4, 0.5) is 5.69 Å². The third-order valence-corrected chi connectivity index (χ3v) is 3.67. The fraction of sp³-hybridized carbons (Fsp3) is 0.154. The molecule has 0 aliphatic rings. The van der Waals surface area contributed by atoms with E-state index in [0.29, 0.717) is 16.2 Å². The van der Waals surface area contributed by atoms with Crippen LogP contribution in [0.1, 0.15) is 23.5 Å². The summed E-state index contributed by atoms with van der Waals surface area (Å²) in [5, 5.41) is 29.2. The summed E-state index contributed by atoms with van der Waals surface area (Å²) in [4.78, 5) is 10.9. The maximum absolute atomic E-state index is 11.0. The number of thiophene rings is 1. The first-order valence-corrected chi connectivity index (χ1v) is 6.47. The minimum Gasteiger partial charge on any atom is -0.440 e. The molecule has 6 nitrogen and oxygen atoms in total. The van der Waals surface area contributed by atoms with E-state index in [9.17, 15) is 15.2 Å². The first-order chi connectivity index (χ1) is 9.51. The van der Waals surface area contributed by atoms with Crippen molar-refractivity contribution in [2.75, 3.05) is 0 Å². The van der Waals surface area contributed by atoms with Crippen molar-refractivity contribution >= 4 is 17.0 Å². The highest BCUT2D eigenvalue weighted by atomic mass is 32.1. The Morgan fingerprint density at radius 1 is 1.45 bits per heavy atom. The van der Waals surface area contributed by atoms with Gasteiger partial charge in [0.1, 0.15) is 5.75 Å². The van der Waals surface area contributed by atoms with Crippen LogP contribution in [0, 0.1) is 21.4 Å². The third-order valence-electron chi connectivity index (χ3n) is 2.50. The normalized spacial score (nSPS) is 11.7. The lowest BCUT2D eigenvalue weighted by atomic mass is 10.2. The quantitative estimate of drug-likeness (QED) is 0.687. The van der Waals surface area contributed by atoms with Gasteiger partial charge >= 0.3 is 5.69 Å². The molecule has 7 heteroatoms. The number of aliphatic hydroxyl groups is 1. The molecule has 0 fully saturated rings. The van der Waals surface area contributed by atoms with Gasteiger partial charge < -0.3 is 9.84 Å². The lowest BCUT2D eigenvalue weighted by Crippen LogP contribution is -1.89. The second-order valence-electron chi connectivity index (χ2n) is 3.99. The molecule has 2 rings (SSSR count). The number of nitrogens with zero attached hydrogens (tertiary/aromatic N) is 2. The summed E-state index contributed by atoms with van der Waals surface area (Å²) in [6.07, 6.45) is -0.794. The maximum Gasteiger partial charge on any atom is 0.323 e. The van der Waals surface area contributed by atoms with E-state index in [-0.39, 0.29) is 10.8 Å². The van der Waals surface area contributed by atoms with Crippen molar-refractivity contribution in [2.45, 2.75) is 13.0 Å². The highest BCUT2D eigenvalue weighted by Gasteiger charge is 2.23. The predicted molar refractivity (Wildman–Crippen MR) is 72.8 cm³/mol. The second-order valence-corrected chi connectivity index (χ2v) is 5.04. The highest BCUT2D eigenvalue weighted by molar-refractivity contribution is 7.14. The molecule has 1 aromatic heterocycles. The van der Waals surface area contributed by atoms with Crippen LogP contribution in [0.2, 0.25) is 0 Å². The minimum absolute atomic E-state index is 0.107. The molecule has 1 aromatic carbocycles. The Bertz CT molecular complexity index is 671. The summed E-state index contributed by atoms with van der Waals surface area (Å²) in [5.74, 6) is 0.395. The molecule has 0 aliphatic carbocycles. The topological polar surface area (TPSA) is 96.4 Å². The second kappa shape index (κ2) is 5.69. The average molecular weight is 290 g/mol. The molecule has 0 radical (unpaired) electrons. The molecule has 0 amide bonds. The third kappa shape index (κ3) is 2.93. The Labute approximate surface area is 118 Å². The van der Waals surface area contributed by atoms with E-state index < -0.39 is 11.0 Å². The van der Waals surface area contributed by atoms with Gasteiger partial charge in [-0.15, -0.1) is 0 Å². The average Bonchev–Trinajstić information content (AvgIpc) is 2.84. The SMILES string of the molecule is C[C@H](O)c1cc([N+](=O)[O-])c(Oc2ccc(C#N)cc2)s1. The number of aliphatic hydroxyl groups excluding tert-OH is 1. The van der Waals surface area contributed by atoms with Crippen LogP contribution in [0.15, 0.2) is 30.3 Å². The maximum atomic E-state index is 11.0.